The average molecular weight is 314 g/mol. The molecule has 1 aromatic heterocycles. The van der Waals surface area contributed by atoms with E-state index in [0.29, 0.717) is 6.54 Å². The summed E-state index contributed by atoms with van der Waals surface area (Å²) in [7, 11) is 0. The molecule has 0 aliphatic rings. The lowest BCUT2D eigenvalue weighted by molar-refractivity contribution is -0.198. The van der Waals surface area contributed by atoms with E-state index in [1.807, 2.05) is 13.8 Å². The molecule has 1 heterocycles. The molecule has 0 bridgehead atoms. The molecule has 1 atom stereocenters. The molecule has 9 heteroatoms. The summed E-state index contributed by atoms with van der Waals surface area (Å²) in [4.78, 5) is 11.8. The van der Waals surface area contributed by atoms with Crippen molar-refractivity contribution in [1.29, 1.82) is 0 Å². The molecule has 0 radical (unpaired) electrons. The van der Waals surface area contributed by atoms with Crippen molar-refractivity contribution in [2.75, 3.05) is 11.9 Å². The maximum Gasteiger partial charge on any atom is 0.416 e. The van der Waals surface area contributed by atoms with E-state index < -0.39 is 24.4 Å². The SMILES string of the molecule is CC(C)Cn1ncc(NCC(O)C(F)(F)F)c(Cl)c1=O. The molecule has 20 heavy (non-hydrogen) atoms. The van der Waals surface area contributed by atoms with Crippen LogP contribution in [-0.4, -0.2) is 33.7 Å². The number of hydrogen-bond donors (Lipinski definition) is 2. The third kappa shape index (κ3) is 4.38. The Morgan fingerprint density at radius 1 is 1.50 bits per heavy atom. The van der Waals surface area contributed by atoms with Gasteiger partial charge in [-0.1, -0.05) is 25.4 Å². The Balaban J connectivity index is 2.84. The lowest BCUT2D eigenvalue weighted by atomic mass is 10.2. The summed E-state index contributed by atoms with van der Waals surface area (Å²) in [6.07, 6.45) is -6.12. The number of hydrogen-bond acceptors (Lipinski definition) is 4. The van der Waals surface area contributed by atoms with Crippen LogP contribution < -0.4 is 10.9 Å². The van der Waals surface area contributed by atoms with Gasteiger partial charge >= 0.3 is 6.18 Å². The highest BCUT2D eigenvalue weighted by Crippen LogP contribution is 2.21. The van der Waals surface area contributed by atoms with Gasteiger partial charge in [-0.2, -0.15) is 18.3 Å². The van der Waals surface area contributed by atoms with Gasteiger partial charge in [0.2, 0.25) is 0 Å². The second-order valence-corrected chi connectivity index (χ2v) is 5.07. The smallest absolute Gasteiger partial charge is 0.382 e. The summed E-state index contributed by atoms with van der Waals surface area (Å²) >= 11 is 5.78. The molecule has 0 fully saturated rings. The molecule has 2 N–H and O–H groups in total. The summed E-state index contributed by atoms with van der Waals surface area (Å²) in [5.41, 5.74) is -0.633. The molecule has 0 aliphatic heterocycles. The standard InChI is InChI=1S/C11H15ClF3N3O2/c1-6(2)5-18-10(20)9(12)7(3-17-18)16-4-8(19)11(13,14)15/h3,6,8,16,19H,4-5H2,1-2H3. The first-order valence-corrected chi connectivity index (χ1v) is 6.25. The highest BCUT2D eigenvalue weighted by molar-refractivity contribution is 6.32. The van der Waals surface area contributed by atoms with Crippen molar-refractivity contribution in [3.8, 4) is 0 Å². The van der Waals surface area contributed by atoms with Gasteiger partial charge < -0.3 is 10.4 Å². The Hall–Kier alpha value is -1.28. The first-order valence-electron chi connectivity index (χ1n) is 5.87. The molecule has 0 aromatic carbocycles. The number of alkyl halides is 3. The van der Waals surface area contributed by atoms with E-state index in [0.717, 1.165) is 10.9 Å². The fourth-order valence-corrected chi connectivity index (χ4v) is 1.60. The number of anilines is 1. The van der Waals surface area contributed by atoms with Crippen LogP contribution in [0.1, 0.15) is 13.8 Å². The number of halogens is 4. The Morgan fingerprint density at radius 3 is 2.60 bits per heavy atom. The van der Waals surface area contributed by atoms with Crippen LogP contribution in [0, 0.1) is 5.92 Å². The molecule has 1 rings (SSSR count). The zero-order valence-corrected chi connectivity index (χ0v) is 11.7. The molecular weight excluding hydrogens is 299 g/mol. The van der Waals surface area contributed by atoms with E-state index >= 15 is 0 Å². The summed E-state index contributed by atoms with van der Waals surface area (Å²) in [5.74, 6) is 0.169. The summed E-state index contributed by atoms with van der Waals surface area (Å²) in [6, 6.07) is 0. The zero-order chi connectivity index (χ0) is 15.5. The van der Waals surface area contributed by atoms with E-state index in [9.17, 15) is 18.0 Å². The third-order valence-corrected chi connectivity index (χ3v) is 2.75. The van der Waals surface area contributed by atoms with Crippen LogP contribution >= 0.6 is 11.6 Å². The third-order valence-electron chi connectivity index (χ3n) is 2.39. The van der Waals surface area contributed by atoms with Crippen LogP contribution in [0.25, 0.3) is 0 Å². The van der Waals surface area contributed by atoms with E-state index in [2.05, 4.69) is 10.4 Å². The zero-order valence-electron chi connectivity index (χ0n) is 10.9. The molecular formula is C11H15ClF3N3O2. The molecule has 5 nitrogen and oxygen atoms in total. The first kappa shape index (κ1) is 16.8. The van der Waals surface area contributed by atoms with Crippen molar-refractivity contribution in [1.82, 2.24) is 9.78 Å². The van der Waals surface area contributed by atoms with Gasteiger partial charge in [-0.05, 0) is 5.92 Å². The average Bonchev–Trinajstić information content (AvgIpc) is 2.32. The predicted octanol–water partition coefficient (Wildman–Crippen LogP) is 1.89. The highest BCUT2D eigenvalue weighted by atomic mass is 35.5. The minimum Gasteiger partial charge on any atom is -0.382 e. The molecule has 0 saturated carbocycles. The molecule has 1 unspecified atom stereocenters. The van der Waals surface area contributed by atoms with Crippen molar-refractivity contribution in [2.24, 2.45) is 5.92 Å². The fourth-order valence-electron chi connectivity index (χ4n) is 1.39. The summed E-state index contributed by atoms with van der Waals surface area (Å²) in [6.45, 7) is 3.31. The maximum absolute atomic E-state index is 12.1. The van der Waals surface area contributed by atoms with Gasteiger partial charge in [0, 0.05) is 13.1 Å². The van der Waals surface area contributed by atoms with Crippen LogP contribution in [0.2, 0.25) is 5.02 Å². The number of nitrogens with zero attached hydrogens (tertiary/aromatic N) is 2. The second kappa shape index (κ2) is 6.45. The van der Waals surface area contributed by atoms with Crippen molar-refractivity contribution < 1.29 is 18.3 Å². The normalized spacial score (nSPS) is 13.6. The Kier molecular flexibility index (Phi) is 5.41. The van der Waals surface area contributed by atoms with E-state index in [4.69, 9.17) is 16.7 Å². The Labute approximate surface area is 118 Å². The molecule has 0 saturated heterocycles. The topological polar surface area (TPSA) is 67.2 Å². The van der Waals surface area contributed by atoms with Crippen molar-refractivity contribution in [2.45, 2.75) is 32.7 Å². The van der Waals surface area contributed by atoms with Crippen LogP contribution in [0.4, 0.5) is 18.9 Å². The molecule has 114 valence electrons. The maximum atomic E-state index is 12.1. The van der Waals surface area contributed by atoms with Crippen molar-refractivity contribution >= 4 is 17.3 Å². The predicted molar refractivity (Wildman–Crippen MR) is 68.9 cm³/mol. The lowest BCUT2D eigenvalue weighted by Gasteiger charge is -2.16. The second-order valence-electron chi connectivity index (χ2n) is 4.69. The molecule has 0 aliphatic carbocycles. The van der Waals surface area contributed by atoms with Gasteiger partial charge in [-0.25, -0.2) is 4.68 Å². The van der Waals surface area contributed by atoms with Crippen molar-refractivity contribution in [3.05, 3.63) is 21.6 Å². The number of aliphatic hydroxyl groups excluding tert-OH is 1. The number of aliphatic hydroxyl groups is 1. The van der Waals surface area contributed by atoms with E-state index in [1.54, 1.807) is 0 Å². The minimum absolute atomic E-state index is 0.0417. The number of rotatable bonds is 5. The van der Waals surface area contributed by atoms with Crippen LogP contribution in [0.15, 0.2) is 11.0 Å². The van der Waals surface area contributed by atoms with E-state index in [1.165, 1.54) is 0 Å². The van der Waals surface area contributed by atoms with Gasteiger partial charge in [-0.15, -0.1) is 0 Å². The van der Waals surface area contributed by atoms with Gasteiger partial charge in [0.15, 0.2) is 6.10 Å². The lowest BCUT2D eigenvalue weighted by Crippen LogP contribution is -2.35. The van der Waals surface area contributed by atoms with Crippen molar-refractivity contribution in [3.63, 3.8) is 0 Å². The highest BCUT2D eigenvalue weighted by Gasteiger charge is 2.37. The molecule has 0 amide bonds. The van der Waals surface area contributed by atoms with Crippen LogP contribution in [0.3, 0.4) is 0 Å². The first-order chi connectivity index (χ1) is 9.12. The quantitative estimate of drug-likeness (QED) is 0.871. The monoisotopic (exact) mass is 313 g/mol. The van der Waals surface area contributed by atoms with Gasteiger partial charge in [-0.3, -0.25) is 4.79 Å². The van der Waals surface area contributed by atoms with Gasteiger partial charge in [0.25, 0.3) is 5.56 Å². The van der Waals surface area contributed by atoms with Gasteiger partial charge in [0.1, 0.15) is 5.02 Å². The Bertz CT molecular complexity index is 517. The Morgan fingerprint density at radius 2 is 2.10 bits per heavy atom. The van der Waals surface area contributed by atoms with Crippen LogP contribution in [-0.2, 0) is 6.54 Å². The number of nitrogens with one attached hydrogen (secondary N) is 1. The fraction of sp³-hybridized carbons (Fsp3) is 0.636. The summed E-state index contributed by atoms with van der Waals surface area (Å²) in [5, 5.41) is 14.7. The molecule has 1 aromatic rings. The number of aromatic nitrogens is 2. The minimum atomic E-state index is -4.74. The summed E-state index contributed by atoms with van der Waals surface area (Å²) < 4.78 is 37.5. The molecule has 0 spiro atoms. The van der Waals surface area contributed by atoms with Crippen LogP contribution in [0.5, 0.6) is 0 Å². The largest absolute Gasteiger partial charge is 0.416 e. The van der Waals surface area contributed by atoms with Gasteiger partial charge in [0.05, 0.1) is 11.9 Å². The van der Waals surface area contributed by atoms with E-state index in [-0.39, 0.29) is 16.6 Å².